The molecule has 0 atom stereocenters. The molecule has 0 bridgehead atoms. The summed E-state index contributed by atoms with van der Waals surface area (Å²) in [6.07, 6.45) is 6.63. The first kappa shape index (κ1) is 14.2. The van der Waals surface area contributed by atoms with Gasteiger partial charge in [0.05, 0.1) is 4.90 Å². The molecule has 1 aromatic carbocycles. The van der Waals surface area contributed by atoms with Crippen LogP contribution >= 0.6 is 0 Å². The van der Waals surface area contributed by atoms with Crippen molar-refractivity contribution in [3.05, 3.63) is 29.8 Å². The molecule has 0 amide bonds. The van der Waals surface area contributed by atoms with Gasteiger partial charge in [0, 0.05) is 0 Å². The highest BCUT2D eigenvalue weighted by Gasteiger charge is 2.12. The van der Waals surface area contributed by atoms with E-state index in [0.717, 1.165) is 24.8 Å². The van der Waals surface area contributed by atoms with Gasteiger partial charge in [0.2, 0.25) is 10.0 Å². The highest BCUT2D eigenvalue weighted by molar-refractivity contribution is 7.89. The number of hydrogen-bond acceptors (Lipinski definition) is 2. The second-order valence-electron chi connectivity index (χ2n) is 4.32. The Hall–Kier alpha value is -0.870. The second-order valence-corrected chi connectivity index (χ2v) is 5.85. The van der Waals surface area contributed by atoms with Crippen molar-refractivity contribution in [2.24, 2.45) is 5.14 Å². The van der Waals surface area contributed by atoms with Crippen molar-refractivity contribution in [3.8, 4) is 0 Å². The lowest BCUT2D eigenvalue weighted by molar-refractivity contribution is 0.594. The van der Waals surface area contributed by atoms with Crippen LogP contribution in [-0.2, 0) is 16.4 Å². The lowest BCUT2D eigenvalue weighted by Gasteiger charge is -2.07. The average Bonchev–Trinajstić information content (AvgIpc) is 2.28. The van der Waals surface area contributed by atoms with Crippen LogP contribution < -0.4 is 5.14 Å². The molecule has 96 valence electrons. The molecule has 0 aliphatic carbocycles. The summed E-state index contributed by atoms with van der Waals surface area (Å²) < 4.78 is 22.7. The maximum Gasteiger partial charge on any atom is 0.238 e. The number of hydrogen-bond donors (Lipinski definition) is 1. The lowest BCUT2D eigenvalue weighted by atomic mass is 10.1. The molecule has 4 heteroatoms. The Bertz CT molecular complexity index is 440. The lowest BCUT2D eigenvalue weighted by Crippen LogP contribution is -2.14. The molecule has 2 N–H and O–H groups in total. The van der Waals surface area contributed by atoms with Crippen molar-refractivity contribution in [2.45, 2.75) is 50.3 Å². The van der Waals surface area contributed by atoms with Gasteiger partial charge in [-0.3, -0.25) is 0 Å². The quantitative estimate of drug-likeness (QED) is 0.762. The number of benzene rings is 1. The van der Waals surface area contributed by atoms with Gasteiger partial charge in [0.15, 0.2) is 0 Å². The van der Waals surface area contributed by atoms with Gasteiger partial charge in [-0.05, 0) is 24.5 Å². The van der Waals surface area contributed by atoms with Crippen LogP contribution in [0.1, 0.15) is 44.6 Å². The molecular weight excluding hydrogens is 234 g/mol. The molecule has 3 nitrogen and oxygen atoms in total. The van der Waals surface area contributed by atoms with Crippen LogP contribution in [0, 0.1) is 0 Å². The molecule has 0 saturated heterocycles. The first-order valence-electron chi connectivity index (χ1n) is 6.16. The van der Waals surface area contributed by atoms with Crippen LogP contribution in [0.2, 0.25) is 0 Å². The Morgan fingerprint density at radius 1 is 1.06 bits per heavy atom. The van der Waals surface area contributed by atoms with Crippen molar-refractivity contribution in [1.29, 1.82) is 0 Å². The molecule has 0 aliphatic heterocycles. The Morgan fingerprint density at radius 2 is 1.71 bits per heavy atom. The molecule has 0 radical (unpaired) electrons. The molecule has 17 heavy (non-hydrogen) atoms. The van der Waals surface area contributed by atoms with Gasteiger partial charge in [-0.1, -0.05) is 50.8 Å². The van der Waals surface area contributed by atoms with Crippen LogP contribution in [0.5, 0.6) is 0 Å². The van der Waals surface area contributed by atoms with Crippen LogP contribution in [0.15, 0.2) is 29.2 Å². The van der Waals surface area contributed by atoms with Crippen molar-refractivity contribution >= 4 is 10.0 Å². The van der Waals surface area contributed by atoms with E-state index in [1.807, 2.05) is 12.1 Å². The number of aryl methyl sites for hydroxylation is 1. The standard InChI is InChI=1S/C13H21NO2S/c1-2-3-4-5-6-9-12-10-7-8-11-13(12)17(14,15)16/h7-8,10-11H,2-6,9H2,1H3,(H2,14,15,16). The Balaban J connectivity index is 2.59. The molecule has 0 aliphatic rings. The molecule has 0 spiro atoms. The first-order valence-corrected chi connectivity index (χ1v) is 7.71. The Morgan fingerprint density at radius 3 is 2.35 bits per heavy atom. The highest BCUT2D eigenvalue weighted by Crippen LogP contribution is 2.17. The predicted molar refractivity (Wildman–Crippen MR) is 70.3 cm³/mol. The SMILES string of the molecule is CCCCCCCc1ccccc1S(N)(=O)=O. The maximum absolute atomic E-state index is 11.4. The van der Waals surface area contributed by atoms with Crippen LogP contribution in [0.25, 0.3) is 0 Å². The van der Waals surface area contributed by atoms with Gasteiger partial charge in [0.1, 0.15) is 0 Å². The number of primary sulfonamides is 1. The summed E-state index contributed by atoms with van der Waals surface area (Å²) >= 11 is 0. The third-order valence-corrected chi connectivity index (χ3v) is 3.84. The number of sulfonamides is 1. The largest absolute Gasteiger partial charge is 0.238 e. The predicted octanol–water partition coefficient (Wildman–Crippen LogP) is 2.85. The van der Waals surface area contributed by atoms with E-state index >= 15 is 0 Å². The zero-order chi connectivity index (χ0) is 12.7. The molecule has 0 saturated carbocycles. The van der Waals surface area contributed by atoms with Crippen LogP contribution in [-0.4, -0.2) is 8.42 Å². The van der Waals surface area contributed by atoms with E-state index in [4.69, 9.17) is 5.14 Å². The summed E-state index contributed by atoms with van der Waals surface area (Å²) in [5, 5.41) is 5.18. The summed E-state index contributed by atoms with van der Waals surface area (Å²) in [6, 6.07) is 6.99. The number of unbranched alkanes of at least 4 members (excludes halogenated alkanes) is 4. The Labute approximate surface area is 104 Å². The van der Waals surface area contributed by atoms with Gasteiger partial charge >= 0.3 is 0 Å². The van der Waals surface area contributed by atoms with E-state index in [1.54, 1.807) is 12.1 Å². The van der Waals surface area contributed by atoms with Crippen LogP contribution in [0.4, 0.5) is 0 Å². The average molecular weight is 255 g/mol. The zero-order valence-electron chi connectivity index (χ0n) is 10.4. The summed E-state index contributed by atoms with van der Waals surface area (Å²) in [5.41, 5.74) is 0.839. The fraction of sp³-hybridized carbons (Fsp3) is 0.538. The van der Waals surface area contributed by atoms with Crippen molar-refractivity contribution in [1.82, 2.24) is 0 Å². The molecule has 0 aromatic heterocycles. The summed E-state index contributed by atoms with van der Waals surface area (Å²) in [6.45, 7) is 2.18. The fourth-order valence-corrected chi connectivity index (χ4v) is 2.71. The van der Waals surface area contributed by atoms with E-state index in [0.29, 0.717) is 0 Å². The molecule has 0 fully saturated rings. The summed E-state index contributed by atoms with van der Waals surface area (Å²) in [5.74, 6) is 0. The van der Waals surface area contributed by atoms with E-state index in [2.05, 4.69) is 6.92 Å². The van der Waals surface area contributed by atoms with E-state index in [9.17, 15) is 8.42 Å². The molecule has 1 rings (SSSR count). The third-order valence-electron chi connectivity index (χ3n) is 2.83. The summed E-state index contributed by atoms with van der Waals surface area (Å²) in [4.78, 5) is 0.274. The minimum atomic E-state index is -3.58. The van der Waals surface area contributed by atoms with E-state index in [-0.39, 0.29) is 4.90 Å². The topological polar surface area (TPSA) is 60.2 Å². The van der Waals surface area contributed by atoms with Gasteiger partial charge in [-0.25, -0.2) is 13.6 Å². The van der Waals surface area contributed by atoms with E-state index < -0.39 is 10.0 Å². The number of rotatable bonds is 7. The molecular formula is C13H21NO2S. The fourth-order valence-electron chi connectivity index (χ4n) is 1.91. The van der Waals surface area contributed by atoms with E-state index in [1.165, 1.54) is 19.3 Å². The van der Waals surface area contributed by atoms with Crippen molar-refractivity contribution in [3.63, 3.8) is 0 Å². The monoisotopic (exact) mass is 255 g/mol. The zero-order valence-corrected chi connectivity index (χ0v) is 11.2. The summed E-state index contributed by atoms with van der Waals surface area (Å²) in [7, 11) is -3.58. The smallest absolute Gasteiger partial charge is 0.225 e. The molecule has 1 aromatic rings. The first-order chi connectivity index (χ1) is 8.05. The molecule has 0 unspecified atom stereocenters. The molecule has 0 heterocycles. The third kappa shape index (κ3) is 4.88. The van der Waals surface area contributed by atoms with Crippen molar-refractivity contribution < 1.29 is 8.42 Å². The second kappa shape index (κ2) is 6.77. The van der Waals surface area contributed by atoms with Gasteiger partial charge in [0.25, 0.3) is 0 Å². The van der Waals surface area contributed by atoms with Gasteiger partial charge in [-0.15, -0.1) is 0 Å². The number of nitrogens with two attached hydrogens (primary N) is 1. The maximum atomic E-state index is 11.4. The Kier molecular flexibility index (Phi) is 5.65. The highest BCUT2D eigenvalue weighted by atomic mass is 32.2. The normalized spacial score (nSPS) is 11.6. The minimum absolute atomic E-state index is 0.274. The minimum Gasteiger partial charge on any atom is -0.225 e. The van der Waals surface area contributed by atoms with Crippen LogP contribution in [0.3, 0.4) is 0 Å². The van der Waals surface area contributed by atoms with Crippen molar-refractivity contribution in [2.75, 3.05) is 0 Å². The van der Waals surface area contributed by atoms with Gasteiger partial charge < -0.3 is 0 Å². The van der Waals surface area contributed by atoms with Gasteiger partial charge in [-0.2, -0.15) is 0 Å².